The Labute approximate surface area is 435 Å². The van der Waals surface area contributed by atoms with Crippen LogP contribution in [0, 0.1) is 52.3 Å². The molecule has 6 heterocycles. The first-order valence-electron chi connectivity index (χ1n) is 27.3. The van der Waals surface area contributed by atoms with Crippen molar-refractivity contribution in [1.82, 2.24) is 0 Å². The van der Waals surface area contributed by atoms with Gasteiger partial charge in [-0.05, 0) is 80.0 Å². The first kappa shape index (κ1) is 57.0. The van der Waals surface area contributed by atoms with Gasteiger partial charge in [-0.1, -0.05) is 27.7 Å². The molecular weight excluding hydrogens is 997 g/mol. The van der Waals surface area contributed by atoms with E-state index in [0.717, 1.165) is 38.5 Å². The Morgan fingerprint density at radius 1 is 0.547 bits per heavy atom. The van der Waals surface area contributed by atoms with Gasteiger partial charge < -0.3 is 114 Å². The Morgan fingerprint density at radius 2 is 1.09 bits per heavy atom. The first-order valence-corrected chi connectivity index (χ1v) is 27.3. The Hall–Kier alpha value is -1.25. The van der Waals surface area contributed by atoms with Gasteiger partial charge in [0.2, 0.25) is 0 Å². The van der Waals surface area contributed by atoms with Gasteiger partial charge in [0.15, 0.2) is 30.9 Å². The van der Waals surface area contributed by atoms with Crippen LogP contribution >= 0.6 is 0 Å². The van der Waals surface area contributed by atoms with Crippen molar-refractivity contribution < 1.29 is 119 Å². The van der Waals surface area contributed by atoms with Crippen LogP contribution in [0.1, 0.15) is 85.5 Å². The van der Waals surface area contributed by atoms with E-state index < -0.39 is 167 Å². The number of ketones is 1. The molecule has 24 heteroatoms. The van der Waals surface area contributed by atoms with Gasteiger partial charge in [-0.15, -0.1) is 0 Å². The third kappa shape index (κ3) is 9.60. The number of carbonyl (C=O) groups is 1. The minimum Gasteiger partial charge on any atom is -0.394 e. The number of carbonyl (C=O) groups excluding carboxylic acids is 1. The summed E-state index contributed by atoms with van der Waals surface area (Å²) in [5.41, 5.74) is -0.651. The van der Waals surface area contributed by atoms with Crippen molar-refractivity contribution in [1.29, 1.82) is 0 Å². The molecule has 10 fully saturated rings. The van der Waals surface area contributed by atoms with E-state index in [1.165, 1.54) is 0 Å². The second-order valence-electron chi connectivity index (χ2n) is 24.2. The average molecular weight is 1080 g/mol. The molecule has 6 aliphatic heterocycles. The maximum Gasteiger partial charge on any atom is 0.187 e. The molecule has 10 rings (SSSR count). The number of aliphatic hydroxyl groups is 13. The molecule has 13 N–H and O–H groups in total. The molecule has 0 aromatic rings. The molecule has 24 nitrogen and oxygen atoms in total. The molecule has 430 valence electrons. The lowest BCUT2D eigenvalue weighted by Gasteiger charge is -2.60. The van der Waals surface area contributed by atoms with Crippen molar-refractivity contribution in [2.24, 2.45) is 52.3 Å². The number of aliphatic hydroxyl groups excluding tert-OH is 13. The molecule has 75 heavy (non-hydrogen) atoms. The van der Waals surface area contributed by atoms with E-state index in [2.05, 4.69) is 27.7 Å². The summed E-state index contributed by atoms with van der Waals surface area (Å²) in [6.07, 6.45) is -29.7. The summed E-state index contributed by atoms with van der Waals surface area (Å²) in [7, 11) is 0. The van der Waals surface area contributed by atoms with Gasteiger partial charge in [0.25, 0.3) is 0 Å². The molecule has 0 aromatic carbocycles. The van der Waals surface area contributed by atoms with Gasteiger partial charge in [0.1, 0.15) is 103 Å². The van der Waals surface area contributed by atoms with Crippen molar-refractivity contribution in [3.05, 3.63) is 0 Å². The Bertz CT molecular complexity index is 1960. The fraction of sp³-hybridized carbons (Fsp3) is 0.980. The van der Waals surface area contributed by atoms with Gasteiger partial charge in [-0.25, -0.2) is 0 Å². The molecule has 0 radical (unpaired) electrons. The van der Waals surface area contributed by atoms with E-state index in [1.54, 1.807) is 0 Å². The zero-order valence-corrected chi connectivity index (χ0v) is 42.9. The smallest absolute Gasteiger partial charge is 0.187 e. The quantitative estimate of drug-likeness (QED) is 0.0836. The lowest BCUT2D eigenvalue weighted by atomic mass is 9.44. The largest absolute Gasteiger partial charge is 0.394 e. The third-order valence-corrected chi connectivity index (χ3v) is 20.3. The van der Waals surface area contributed by atoms with Gasteiger partial charge in [-0.3, -0.25) is 4.79 Å². The fourth-order valence-corrected chi connectivity index (χ4v) is 15.8. The summed E-state index contributed by atoms with van der Waals surface area (Å²) in [6.45, 7) is 6.12. The van der Waals surface area contributed by atoms with Gasteiger partial charge in [-0.2, -0.15) is 0 Å². The fourth-order valence-electron chi connectivity index (χ4n) is 15.8. The molecule has 0 bridgehead atoms. The molecule has 6 saturated heterocycles. The lowest BCUT2D eigenvalue weighted by molar-refractivity contribution is -0.406. The van der Waals surface area contributed by atoms with Crippen LogP contribution < -0.4 is 0 Å². The number of hydrogen-bond donors (Lipinski definition) is 13. The predicted molar refractivity (Wildman–Crippen MR) is 249 cm³/mol. The van der Waals surface area contributed by atoms with E-state index >= 15 is 0 Å². The van der Waals surface area contributed by atoms with Crippen molar-refractivity contribution in [2.45, 2.75) is 226 Å². The predicted octanol–water partition coefficient (Wildman–Crippen LogP) is -3.73. The standard InChI is InChI=1S/C51H82O24/c1-19-7-10-51(66-18-19)20(2)32-26(75-51)12-25-23-6-5-21-11-22(8-9-49(21,3)24(23)13-31(56)50(25,32)4)67-45-41(65)38(62)42(30(17-55)71-45)72-48-44(74-47-40(64)37(61)34(58)28(15-53)69-47)43(35(59)29(16-54)70-48)73-46-39(63)36(60)33(57)27(14-52)68-46/h19-30,32-48,52-55,57-65H,5-18H2,1-4H3/t19?,20-,21-,22-,23?,24?,25?,26?,27+,28+,29+,30+,32?,33+,34+,35+,36-,37-,38+,39+,40+,41+,42-,43-,44+,45+,46-,47-,48-,49-,50+,51?/m0/s1. The van der Waals surface area contributed by atoms with Crippen LogP contribution in [-0.2, 0) is 52.2 Å². The van der Waals surface area contributed by atoms with Crippen LogP contribution in [0.2, 0.25) is 0 Å². The summed E-state index contributed by atoms with van der Waals surface area (Å²) >= 11 is 0. The van der Waals surface area contributed by atoms with Crippen LogP contribution in [0.15, 0.2) is 0 Å². The zero-order valence-electron chi connectivity index (χ0n) is 42.9. The van der Waals surface area contributed by atoms with Crippen LogP contribution in [0.5, 0.6) is 0 Å². The highest BCUT2D eigenvalue weighted by Gasteiger charge is 2.72. The molecule has 4 saturated carbocycles. The summed E-state index contributed by atoms with van der Waals surface area (Å²) in [5.74, 6) is 1.32. The summed E-state index contributed by atoms with van der Waals surface area (Å²) < 4.78 is 61.2. The summed E-state index contributed by atoms with van der Waals surface area (Å²) in [6, 6.07) is 0. The van der Waals surface area contributed by atoms with Crippen LogP contribution in [0.4, 0.5) is 0 Å². The van der Waals surface area contributed by atoms with Gasteiger partial charge >= 0.3 is 0 Å². The van der Waals surface area contributed by atoms with Crippen molar-refractivity contribution in [3.63, 3.8) is 0 Å². The van der Waals surface area contributed by atoms with Gasteiger partial charge in [0.05, 0.1) is 45.2 Å². The third-order valence-electron chi connectivity index (χ3n) is 20.3. The maximum atomic E-state index is 14.7. The molecular formula is C51H82O24. The van der Waals surface area contributed by atoms with E-state index in [1.807, 2.05) is 0 Å². The SMILES string of the molecule is CC1CCC2(OC1)OC1CC3C4CC[C@H]5C[C@@H](O[C@@H]6O[C@H](CO)[C@H](O[C@@H]7O[C@H](CO)[C@@H](O)[C@H](O[C@@H]8O[C@H](CO)[C@@H](O)[C@H](O)[C@H]8O)[C@H]7O[C@@H]7O[C@H](CO)[C@@H](O)[C@H](O)[C@H]7O)[C@H](O)[C@H]6O)CC[C@]5(C)C4CC(=O)[C@]3(C)C1[C@@H]2C. The van der Waals surface area contributed by atoms with Crippen molar-refractivity contribution in [2.75, 3.05) is 33.0 Å². The van der Waals surface area contributed by atoms with Crippen molar-refractivity contribution >= 4 is 5.78 Å². The molecule has 1 spiro atoms. The molecule has 10 aliphatic rings. The highest BCUT2D eigenvalue weighted by atomic mass is 16.8. The molecule has 0 amide bonds. The number of fused-ring (bicyclic) bond motifs is 7. The average Bonchev–Trinajstić information content (AvgIpc) is 3.87. The highest BCUT2D eigenvalue weighted by molar-refractivity contribution is 5.87. The first-order chi connectivity index (χ1) is 35.6. The van der Waals surface area contributed by atoms with Crippen LogP contribution in [0.25, 0.3) is 0 Å². The minimum absolute atomic E-state index is 0.0198. The second-order valence-corrected chi connectivity index (χ2v) is 24.2. The topological polar surface area (TPSA) is 372 Å². The Morgan fingerprint density at radius 3 is 1.69 bits per heavy atom. The zero-order chi connectivity index (χ0) is 53.8. The highest BCUT2D eigenvalue weighted by Crippen LogP contribution is 2.70. The number of rotatable bonds is 12. The Balaban J connectivity index is 0.827. The normalized spacial score (nSPS) is 57.0. The van der Waals surface area contributed by atoms with Crippen LogP contribution in [0.3, 0.4) is 0 Å². The molecule has 32 atom stereocenters. The number of hydrogen-bond acceptors (Lipinski definition) is 24. The second kappa shape index (κ2) is 21.9. The molecule has 4 aliphatic carbocycles. The van der Waals surface area contributed by atoms with Crippen LogP contribution in [-0.4, -0.2) is 246 Å². The van der Waals surface area contributed by atoms with Crippen molar-refractivity contribution in [3.8, 4) is 0 Å². The van der Waals surface area contributed by atoms with E-state index in [9.17, 15) is 71.2 Å². The summed E-state index contributed by atoms with van der Waals surface area (Å²) in [4.78, 5) is 14.7. The van der Waals surface area contributed by atoms with E-state index in [4.69, 9.17) is 47.4 Å². The lowest BCUT2D eigenvalue weighted by Crippen LogP contribution is -2.68. The van der Waals surface area contributed by atoms with Gasteiger partial charge in [0, 0.05) is 30.1 Å². The maximum absolute atomic E-state index is 14.7. The molecule has 0 aromatic heterocycles. The monoisotopic (exact) mass is 1080 g/mol. The summed E-state index contributed by atoms with van der Waals surface area (Å²) in [5, 5.41) is 140. The molecule has 7 unspecified atom stereocenters. The Kier molecular flexibility index (Phi) is 16.7. The van der Waals surface area contributed by atoms with E-state index in [-0.39, 0.29) is 41.1 Å². The minimum atomic E-state index is -2.05. The number of ether oxygens (including phenoxy) is 10. The number of Topliss-reactive ketones (excluding diaryl/α,β-unsaturated/α-hetero) is 1. The van der Waals surface area contributed by atoms with E-state index in [0.29, 0.717) is 43.5 Å².